The van der Waals surface area contributed by atoms with Crippen molar-refractivity contribution in [1.82, 2.24) is 15.0 Å². The standard InChI is InChI=1S/C7H12N4O2/c1-11-5(3-4-8)6(9-10-11)7(12)13-2/h3-4,8H2,1-2H3. The molecule has 1 aromatic heterocycles. The van der Waals surface area contributed by atoms with Crippen LogP contribution in [0.2, 0.25) is 0 Å². The predicted octanol–water partition coefficient (Wildman–Crippen LogP) is -0.897. The molecule has 0 radical (unpaired) electrons. The number of methoxy groups -OCH3 is 1. The average Bonchev–Trinajstić information content (AvgIpc) is 2.48. The first-order chi connectivity index (χ1) is 6.20. The Labute approximate surface area is 75.7 Å². The fraction of sp³-hybridized carbons (Fsp3) is 0.571. The molecule has 6 nitrogen and oxygen atoms in total. The fourth-order valence-corrected chi connectivity index (χ4v) is 1.05. The first-order valence-electron chi connectivity index (χ1n) is 3.87. The number of hydrogen-bond donors (Lipinski definition) is 1. The van der Waals surface area contributed by atoms with E-state index in [2.05, 4.69) is 15.0 Å². The molecule has 0 spiro atoms. The number of aryl methyl sites for hydroxylation is 1. The molecule has 0 atom stereocenters. The molecule has 1 rings (SSSR count). The zero-order valence-electron chi connectivity index (χ0n) is 7.65. The molecule has 0 unspecified atom stereocenters. The highest BCUT2D eigenvalue weighted by molar-refractivity contribution is 5.88. The molecule has 0 aliphatic carbocycles. The second-order valence-corrected chi connectivity index (χ2v) is 2.54. The Balaban J connectivity index is 2.99. The van der Waals surface area contributed by atoms with Crippen molar-refractivity contribution < 1.29 is 9.53 Å². The van der Waals surface area contributed by atoms with Crippen LogP contribution in [0.4, 0.5) is 0 Å². The summed E-state index contributed by atoms with van der Waals surface area (Å²) in [5.41, 5.74) is 6.33. The largest absolute Gasteiger partial charge is 0.464 e. The third-order valence-corrected chi connectivity index (χ3v) is 1.70. The van der Waals surface area contributed by atoms with Gasteiger partial charge in [0.2, 0.25) is 0 Å². The van der Waals surface area contributed by atoms with Gasteiger partial charge in [-0.25, -0.2) is 4.79 Å². The van der Waals surface area contributed by atoms with Gasteiger partial charge in [0.05, 0.1) is 12.8 Å². The topological polar surface area (TPSA) is 83.0 Å². The smallest absolute Gasteiger partial charge is 0.360 e. The number of hydrogen-bond acceptors (Lipinski definition) is 5. The van der Waals surface area contributed by atoms with E-state index in [1.165, 1.54) is 11.8 Å². The predicted molar refractivity (Wildman–Crippen MR) is 45.1 cm³/mol. The van der Waals surface area contributed by atoms with Crippen LogP contribution in [0.5, 0.6) is 0 Å². The van der Waals surface area contributed by atoms with Gasteiger partial charge in [-0.1, -0.05) is 5.21 Å². The van der Waals surface area contributed by atoms with E-state index in [1.807, 2.05) is 0 Å². The Hall–Kier alpha value is -1.43. The van der Waals surface area contributed by atoms with Gasteiger partial charge in [0.15, 0.2) is 5.69 Å². The van der Waals surface area contributed by atoms with Crippen molar-refractivity contribution in [3.63, 3.8) is 0 Å². The van der Waals surface area contributed by atoms with E-state index in [1.54, 1.807) is 7.05 Å². The third kappa shape index (κ3) is 1.83. The van der Waals surface area contributed by atoms with Crippen LogP contribution >= 0.6 is 0 Å². The molecule has 72 valence electrons. The Kier molecular flexibility index (Phi) is 2.97. The summed E-state index contributed by atoms with van der Waals surface area (Å²) in [6.45, 7) is 0.450. The molecule has 0 aliphatic rings. The summed E-state index contributed by atoms with van der Waals surface area (Å²) in [5.74, 6) is -0.475. The molecule has 0 fully saturated rings. The van der Waals surface area contributed by atoms with Crippen molar-refractivity contribution in [2.24, 2.45) is 12.8 Å². The summed E-state index contributed by atoms with van der Waals surface area (Å²) < 4.78 is 6.07. The third-order valence-electron chi connectivity index (χ3n) is 1.70. The van der Waals surface area contributed by atoms with Crippen LogP contribution in [-0.4, -0.2) is 34.6 Å². The normalized spacial score (nSPS) is 10.1. The van der Waals surface area contributed by atoms with Crippen LogP contribution in [0.1, 0.15) is 16.2 Å². The molecule has 0 aliphatic heterocycles. The van der Waals surface area contributed by atoms with Gasteiger partial charge in [0.1, 0.15) is 0 Å². The van der Waals surface area contributed by atoms with Crippen LogP contribution in [0, 0.1) is 0 Å². The lowest BCUT2D eigenvalue weighted by molar-refractivity contribution is 0.0592. The van der Waals surface area contributed by atoms with E-state index in [0.717, 1.165) is 0 Å². The van der Waals surface area contributed by atoms with Crippen molar-refractivity contribution in [2.75, 3.05) is 13.7 Å². The highest BCUT2D eigenvalue weighted by Gasteiger charge is 2.17. The van der Waals surface area contributed by atoms with Gasteiger partial charge >= 0.3 is 5.97 Å². The summed E-state index contributed by atoms with van der Waals surface area (Å²) in [7, 11) is 3.02. The summed E-state index contributed by atoms with van der Waals surface area (Å²) in [6, 6.07) is 0. The molecule has 6 heteroatoms. The van der Waals surface area contributed by atoms with Gasteiger partial charge in [0, 0.05) is 13.5 Å². The maximum absolute atomic E-state index is 11.1. The minimum absolute atomic E-state index is 0.246. The molecule has 0 aromatic carbocycles. The van der Waals surface area contributed by atoms with Crippen molar-refractivity contribution in [3.8, 4) is 0 Å². The molecule has 0 saturated carbocycles. The SMILES string of the molecule is COC(=O)c1nnn(C)c1CCN. The minimum atomic E-state index is -0.475. The number of nitrogens with two attached hydrogens (primary N) is 1. The van der Waals surface area contributed by atoms with Gasteiger partial charge in [-0.05, 0) is 6.54 Å². The summed E-state index contributed by atoms with van der Waals surface area (Å²) in [6.07, 6.45) is 0.563. The van der Waals surface area contributed by atoms with Crippen LogP contribution in [0.15, 0.2) is 0 Å². The quantitative estimate of drug-likeness (QED) is 0.616. The molecule has 0 saturated heterocycles. The number of aromatic nitrogens is 3. The minimum Gasteiger partial charge on any atom is -0.464 e. The Morgan fingerprint density at radius 1 is 1.69 bits per heavy atom. The number of esters is 1. The van der Waals surface area contributed by atoms with E-state index in [9.17, 15) is 4.79 Å². The highest BCUT2D eigenvalue weighted by Crippen LogP contribution is 2.05. The maximum Gasteiger partial charge on any atom is 0.360 e. The Bertz CT molecular complexity index is 307. The first kappa shape index (κ1) is 9.66. The second kappa shape index (κ2) is 3.99. The zero-order chi connectivity index (χ0) is 9.84. The lowest BCUT2D eigenvalue weighted by Gasteiger charge is -2.00. The van der Waals surface area contributed by atoms with E-state index in [0.29, 0.717) is 18.7 Å². The molecular weight excluding hydrogens is 172 g/mol. The van der Waals surface area contributed by atoms with Gasteiger partial charge < -0.3 is 10.5 Å². The molecule has 0 bridgehead atoms. The molecule has 13 heavy (non-hydrogen) atoms. The number of ether oxygens (including phenoxy) is 1. The van der Waals surface area contributed by atoms with Gasteiger partial charge in [-0.3, -0.25) is 4.68 Å². The summed E-state index contributed by atoms with van der Waals surface area (Å²) in [5, 5.41) is 7.40. The van der Waals surface area contributed by atoms with Crippen LogP contribution < -0.4 is 5.73 Å². The van der Waals surface area contributed by atoms with Crippen LogP contribution in [0.25, 0.3) is 0 Å². The summed E-state index contributed by atoms with van der Waals surface area (Å²) in [4.78, 5) is 11.1. The maximum atomic E-state index is 11.1. The van der Waals surface area contributed by atoms with Crippen LogP contribution in [-0.2, 0) is 18.2 Å². The lowest BCUT2D eigenvalue weighted by atomic mass is 10.2. The van der Waals surface area contributed by atoms with E-state index in [4.69, 9.17) is 5.73 Å². The van der Waals surface area contributed by atoms with Gasteiger partial charge in [0.25, 0.3) is 0 Å². The molecule has 1 aromatic rings. The Morgan fingerprint density at radius 2 is 2.38 bits per heavy atom. The van der Waals surface area contributed by atoms with Crippen LogP contribution in [0.3, 0.4) is 0 Å². The Morgan fingerprint density at radius 3 is 2.92 bits per heavy atom. The number of rotatable bonds is 3. The van der Waals surface area contributed by atoms with E-state index < -0.39 is 5.97 Å². The monoisotopic (exact) mass is 184 g/mol. The highest BCUT2D eigenvalue weighted by atomic mass is 16.5. The van der Waals surface area contributed by atoms with Crippen molar-refractivity contribution >= 4 is 5.97 Å². The van der Waals surface area contributed by atoms with E-state index >= 15 is 0 Å². The number of carbonyl (C=O) groups excluding carboxylic acids is 1. The van der Waals surface area contributed by atoms with E-state index in [-0.39, 0.29) is 5.69 Å². The molecule has 0 amide bonds. The fourth-order valence-electron chi connectivity index (χ4n) is 1.05. The average molecular weight is 184 g/mol. The number of nitrogens with zero attached hydrogens (tertiary/aromatic N) is 3. The molecule has 2 N–H and O–H groups in total. The van der Waals surface area contributed by atoms with Gasteiger partial charge in [-0.15, -0.1) is 5.10 Å². The van der Waals surface area contributed by atoms with Crippen molar-refractivity contribution in [3.05, 3.63) is 11.4 Å². The number of carbonyl (C=O) groups is 1. The second-order valence-electron chi connectivity index (χ2n) is 2.54. The molecular formula is C7H12N4O2. The van der Waals surface area contributed by atoms with Crippen molar-refractivity contribution in [2.45, 2.75) is 6.42 Å². The van der Waals surface area contributed by atoms with Crippen molar-refractivity contribution in [1.29, 1.82) is 0 Å². The lowest BCUT2D eigenvalue weighted by Crippen LogP contribution is -2.12. The molecule has 1 heterocycles. The van der Waals surface area contributed by atoms with Gasteiger partial charge in [-0.2, -0.15) is 0 Å². The summed E-state index contributed by atoms with van der Waals surface area (Å²) >= 11 is 0. The zero-order valence-corrected chi connectivity index (χ0v) is 7.65. The first-order valence-corrected chi connectivity index (χ1v) is 3.87.